The molecule has 0 radical (unpaired) electrons. The lowest BCUT2D eigenvalue weighted by Gasteiger charge is -2.05. The summed E-state index contributed by atoms with van der Waals surface area (Å²) in [6.45, 7) is 2.32. The first-order valence-electron chi connectivity index (χ1n) is 6.29. The number of rotatable bonds is 5. The van der Waals surface area contributed by atoms with Gasteiger partial charge in [-0.05, 0) is 18.6 Å². The molecule has 9 heteroatoms. The summed E-state index contributed by atoms with van der Waals surface area (Å²) in [6.07, 6.45) is 2.60. The Bertz CT molecular complexity index is 875. The molecular formula is C12H14N4O2S3. The fourth-order valence-corrected chi connectivity index (χ4v) is 4.97. The van der Waals surface area contributed by atoms with Crippen molar-refractivity contribution >= 4 is 43.5 Å². The minimum Gasteiger partial charge on any atom is -0.381 e. The molecule has 0 aromatic carbocycles. The molecule has 0 amide bonds. The van der Waals surface area contributed by atoms with Crippen LogP contribution in [0.2, 0.25) is 0 Å². The van der Waals surface area contributed by atoms with Crippen LogP contribution in [0.3, 0.4) is 0 Å². The molecule has 3 heterocycles. The molecule has 21 heavy (non-hydrogen) atoms. The van der Waals surface area contributed by atoms with Gasteiger partial charge in [0.2, 0.25) is 0 Å². The molecule has 0 aliphatic carbocycles. The van der Waals surface area contributed by atoms with Gasteiger partial charge >= 0.3 is 0 Å². The fraction of sp³-hybridized carbons (Fsp3) is 0.250. The van der Waals surface area contributed by atoms with Crippen LogP contribution in [0.5, 0.6) is 0 Å². The Kier molecular flexibility index (Phi) is 3.74. The van der Waals surface area contributed by atoms with Gasteiger partial charge in [0.1, 0.15) is 0 Å². The first kappa shape index (κ1) is 14.5. The first-order chi connectivity index (χ1) is 10.0. The zero-order valence-electron chi connectivity index (χ0n) is 11.2. The van der Waals surface area contributed by atoms with Gasteiger partial charge in [-0.3, -0.25) is 4.40 Å². The van der Waals surface area contributed by atoms with Gasteiger partial charge in [-0.25, -0.2) is 18.1 Å². The second kappa shape index (κ2) is 5.41. The maximum Gasteiger partial charge on any atom is 0.260 e. The molecule has 0 saturated carbocycles. The number of thiazole rings is 1. The van der Waals surface area contributed by atoms with E-state index in [1.165, 1.54) is 20.6 Å². The number of nitrogens with two attached hydrogens (primary N) is 1. The monoisotopic (exact) mass is 342 g/mol. The Morgan fingerprint density at radius 3 is 2.86 bits per heavy atom. The minimum absolute atomic E-state index is 0.00558. The number of thiophene rings is 1. The summed E-state index contributed by atoms with van der Waals surface area (Å²) in [4.78, 5) is 6.82. The van der Waals surface area contributed by atoms with Crippen LogP contribution in [0.15, 0.2) is 28.7 Å². The summed E-state index contributed by atoms with van der Waals surface area (Å²) in [5.41, 5.74) is 5.74. The van der Waals surface area contributed by atoms with Crippen LogP contribution >= 0.6 is 22.7 Å². The Labute approximate surface area is 130 Å². The number of hydrogen-bond acceptors (Lipinski definition) is 6. The van der Waals surface area contributed by atoms with Crippen molar-refractivity contribution in [1.29, 1.82) is 0 Å². The number of fused-ring (bicyclic) bond motifs is 1. The van der Waals surface area contributed by atoms with Crippen molar-refractivity contribution in [3.63, 3.8) is 0 Å². The smallest absolute Gasteiger partial charge is 0.260 e. The van der Waals surface area contributed by atoms with Crippen LogP contribution in [-0.2, 0) is 23.0 Å². The van der Waals surface area contributed by atoms with Gasteiger partial charge in [0.05, 0.1) is 0 Å². The molecule has 6 nitrogen and oxygen atoms in total. The number of aryl methyl sites for hydroxylation is 1. The van der Waals surface area contributed by atoms with Crippen LogP contribution in [0.25, 0.3) is 4.96 Å². The molecular weight excluding hydrogens is 328 g/mol. The summed E-state index contributed by atoms with van der Waals surface area (Å²) in [6, 6.07) is 3.95. The number of imidazole rings is 1. The number of aromatic nitrogens is 2. The van der Waals surface area contributed by atoms with E-state index < -0.39 is 10.0 Å². The summed E-state index contributed by atoms with van der Waals surface area (Å²) in [7, 11) is -3.70. The number of anilines is 1. The Balaban J connectivity index is 1.86. The molecule has 0 fully saturated rings. The number of sulfonamides is 1. The molecule has 0 bridgehead atoms. The van der Waals surface area contributed by atoms with Crippen molar-refractivity contribution in [3.8, 4) is 0 Å². The highest BCUT2D eigenvalue weighted by Crippen LogP contribution is 2.24. The second-order valence-electron chi connectivity index (χ2n) is 4.40. The van der Waals surface area contributed by atoms with Gasteiger partial charge in [-0.2, -0.15) is 0 Å². The van der Waals surface area contributed by atoms with Crippen LogP contribution in [-0.4, -0.2) is 17.8 Å². The molecule has 3 aromatic rings. The SMILES string of the molecule is CCc1ccc(CNS(=O)(=O)c2c(N)nc3sccn23)s1. The Morgan fingerprint density at radius 2 is 2.14 bits per heavy atom. The van der Waals surface area contributed by atoms with Crippen molar-refractivity contribution in [2.45, 2.75) is 24.9 Å². The molecule has 0 saturated heterocycles. The topological polar surface area (TPSA) is 89.5 Å². The molecule has 3 rings (SSSR count). The summed E-state index contributed by atoms with van der Waals surface area (Å²) in [5, 5.41) is 1.78. The first-order valence-corrected chi connectivity index (χ1v) is 9.47. The van der Waals surface area contributed by atoms with Crippen LogP contribution in [0.1, 0.15) is 16.7 Å². The molecule has 3 aromatic heterocycles. The van der Waals surface area contributed by atoms with Crippen molar-refractivity contribution in [1.82, 2.24) is 14.1 Å². The molecule has 0 spiro atoms. The van der Waals surface area contributed by atoms with Gasteiger partial charge < -0.3 is 5.73 Å². The van der Waals surface area contributed by atoms with Gasteiger partial charge in [-0.1, -0.05) is 6.92 Å². The molecule has 0 atom stereocenters. The lowest BCUT2D eigenvalue weighted by Crippen LogP contribution is -2.24. The zero-order valence-corrected chi connectivity index (χ0v) is 13.7. The third kappa shape index (κ3) is 2.69. The second-order valence-corrected chi connectivity index (χ2v) is 8.21. The third-order valence-electron chi connectivity index (χ3n) is 3.00. The van der Waals surface area contributed by atoms with Crippen molar-refractivity contribution < 1.29 is 8.42 Å². The van der Waals surface area contributed by atoms with Crippen LogP contribution < -0.4 is 10.5 Å². The van der Waals surface area contributed by atoms with E-state index in [-0.39, 0.29) is 17.4 Å². The molecule has 0 aliphatic heterocycles. The zero-order chi connectivity index (χ0) is 15.0. The molecule has 0 unspecified atom stereocenters. The lowest BCUT2D eigenvalue weighted by atomic mass is 10.4. The van der Waals surface area contributed by atoms with E-state index in [9.17, 15) is 8.42 Å². The van der Waals surface area contributed by atoms with E-state index >= 15 is 0 Å². The van der Waals surface area contributed by atoms with Crippen molar-refractivity contribution in [2.75, 3.05) is 5.73 Å². The Hall–Kier alpha value is -1.42. The van der Waals surface area contributed by atoms with Gasteiger partial charge in [-0.15, -0.1) is 22.7 Å². The van der Waals surface area contributed by atoms with E-state index in [1.54, 1.807) is 22.9 Å². The standard InChI is InChI=1S/C12H14N4O2S3/c1-2-8-3-4-9(20-8)7-14-21(17,18)11-10(13)15-12-16(11)5-6-19-12/h3-6,14H,2,7,13H2,1H3. The summed E-state index contributed by atoms with van der Waals surface area (Å²) >= 11 is 2.94. The number of nitrogens with zero attached hydrogens (tertiary/aromatic N) is 2. The summed E-state index contributed by atoms with van der Waals surface area (Å²) in [5.74, 6) is 0.0229. The fourth-order valence-electron chi connectivity index (χ4n) is 1.99. The van der Waals surface area contributed by atoms with E-state index in [0.717, 1.165) is 11.3 Å². The average Bonchev–Trinajstić information content (AvgIpc) is 3.10. The minimum atomic E-state index is -3.70. The number of nitrogens with one attached hydrogen (secondary N) is 1. The molecule has 3 N–H and O–H groups in total. The van der Waals surface area contributed by atoms with Gasteiger partial charge in [0.15, 0.2) is 15.8 Å². The van der Waals surface area contributed by atoms with Gasteiger partial charge in [0, 0.05) is 27.9 Å². The lowest BCUT2D eigenvalue weighted by molar-refractivity contribution is 0.577. The number of hydrogen-bond donors (Lipinski definition) is 2. The van der Waals surface area contributed by atoms with E-state index in [4.69, 9.17) is 5.73 Å². The normalized spacial score (nSPS) is 12.2. The maximum atomic E-state index is 12.4. The van der Waals surface area contributed by atoms with E-state index in [1.807, 2.05) is 12.1 Å². The molecule has 112 valence electrons. The van der Waals surface area contributed by atoms with Crippen molar-refractivity contribution in [3.05, 3.63) is 33.5 Å². The summed E-state index contributed by atoms with van der Waals surface area (Å²) < 4.78 is 28.9. The molecule has 0 aliphatic rings. The number of nitrogen functional groups attached to an aromatic ring is 1. The quantitative estimate of drug-likeness (QED) is 0.743. The highest BCUT2D eigenvalue weighted by Gasteiger charge is 2.24. The van der Waals surface area contributed by atoms with E-state index in [0.29, 0.717) is 4.96 Å². The Morgan fingerprint density at radius 1 is 1.38 bits per heavy atom. The highest BCUT2D eigenvalue weighted by molar-refractivity contribution is 7.89. The van der Waals surface area contributed by atoms with Crippen LogP contribution in [0.4, 0.5) is 5.82 Å². The maximum absolute atomic E-state index is 12.4. The largest absolute Gasteiger partial charge is 0.381 e. The van der Waals surface area contributed by atoms with Crippen LogP contribution in [0, 0.1) is 0 Å². The predicted octanol–water partition coefficient (Wildman–Crippen LogP) is 2.08. The highest BCUT2D eigenvalue weighted by atomic mass is 32.2. The van der Waals surface area contributed by atoms with E-state index in [2.05, 4.69) is 16.6 Å². The predicted molar refractivity (Wildman–Crippen MR) is 85.2 cm³/mol. The van der Waals surface area contributed by atoms with Gasteiger partial charge in [0.25, 0.3) is 10.0 Å². The average molecular weight is 342 g/mol. The third-order valence-corrected chi connectivity index (χ3v) is 6.43. The van der Waals surface area contributed by atoms with Crippen molar-refractivity contribution in [2.24, 2.45) is 0 Å².